The SMILES string of the molecule is CC(C)(C)OC(=O)N1CCCCCOc2ccccc2CCCCC(=O)c2coc(n2)-c2ccnc1c2. The predicted molar refractivity (Wildman–Crippen MR) is 141 cm³/mol. The van der Waals surface area contributed by atoms with Crippen LogP contribution in [0.25, 0.3) is 11.5 Å². The molecule has 3 heterocycles. The van der Waals surface area contributed by atoms with Crippen molar-refractivity contribution in [2.75, 3.05) is 18.1 Å². The third kappa shape index (κ3) is 7.41. The van der Waals surface area contributed by atoms with E-state index in [1.165, 1.54) is 11.2 Å². The second kappa shape index (κ2) is 12.0. The van der Waals surface area contributed by atoms with Crippen molar-refractivity contribution >= 4 is 17.7 Å². The van der Waals surface area contributed by atoms with Gasteiger partial charge in [-0.1, -0.05) is 18.2 Å². The van der Waals surface area contributed by atoms with Gasteiger partial charge in [-0.2, -0.15) is 0 Å². The summed E-state index contributed by atoms with van der Waals surface area (Å²) in [6, 6.07) is 11.5. The van der Waals surface area contributed by atoms with Crippen LogP contribution in [-0.4, -0.2) is 40.6 Å². The molecule has 8 heteroatoms. The summed E-state index contributed by atoms with van der Waals surface area (Å²) in [7, 11) is 0. The lowest BCUT2D eigenvalue weighted by Crippen LogP contribution is -2.38. The molecule has 8 nitrogen and oxygen atoms in total. The number of para-hydroxylation sites is 1. The van der Waals surface area contributed by atoms with Gasteiger partial charge >= 0.3 is 6.09 Å². The summed E-state index contributed by atoms with van der Waals surface area (Å²) >= 11 is 0. The summed E-state index contributed by atoms with van der Waals surface area (Å²) in [4.78, 5) is 36.2. The molecule has 1 aromatic carbocycles. The highest BCUT2D eigenvalue weighted by atomic mass is 16.6. The van der Waals surface area contributed by atoms with Gasteiger partial charge in [0.1, 0.15) is 29.1 Å². The minimum Gasteiger partial charge on any atom is -0.493 e. The molecule has 37 heavy (non-hydrogen) atoms. The Morgan fingerprint density at radius 3 is 2.68 bits per heavy atom. The fourth-order valence-corrected chi connectivity index (χ4v) is 4.16. The number of ether oxygens (including phenoxy) is 2. The van der Waals surface area contributed by atoms with Crippen LogP contribution in [0.3, 0.4) is 0 Å². The number of carbonyl (C=O) groups is 2. The molecule has 0 atom stereocenters. The van der Waals surface area contributed by atoms with E-state index in [9.17, 15) is 9.59 Å². The van der Waals surface area contributed by atoms with E-state index in [0.29, 0.717) is 42.5 Å². The third-order valence-corrected chi connectivity index (χ3v) is 6.03. The molecule has 0 saturated carbocycles. The molecule has 0 fully saturated rings. The molecular weight excluding hydrogens is 470 g/mol. The van der Waals surface area contributed by atoms with Crippen LogP contribution < -0.4 is 9.64 Å². The summed E-state index contributed by atoms with van der Waals surface area (Å²) in [5, 5.41) is 0. The van der Waals surface area contributed by atoms with Gasteiger partial charge in [0.05, 0.1) is 6.61 Å². The van der Waals surface area contributed by atoms with E-state index in [1.54, 1.807) is 18.3 Å². The topological polar surface area (TPSA) is 94.8 Å². The lowest BCUT2D eigenvalue weighted by atomic mass is 10.0. The van der Waals surface area contributed by atoms with E-state index < -0.39 is 11.7 Å². The average Bonchev–Trinajstić information content (AvgIpc) is 3.36. The van der Waals surface area contributed by atoms with E-state index in [2.05, 4.69) is 16.0 Å². The lowest BCUT2D eigenvalue weighted by Gasteiger charge is -2.27. The summed E-state index contributed by atoms with van der Waals surface area (Å²) < 4.78 is 17.4. The molecule has 1 aliphatic heterocycles. The highest BCUT2D eigenvalue weighted by Gasteiger charge is 2.25. The van der Waals surface area contributed by atoms with Crippen LogP contribution in [0.5, 0.6) is 5.75 Å². The van der Waals surface area contributed by atoms with Crippen LogP contribution in [-0.2, 0) is 11.2 Å². The van der Waals surface area contributed by atoms with Crippen molar-refractivity contribution < 1.29 is 23.5 Å². The van der Waals surface area contributed by atoms with Gasteiger partial charge in [0, 0.05) is 24.7 Å². The Hall–Kier alpha value is -3.68. The van der Waals surface area contributed by atoms with Gasteiger partial charge in [0.2, 0.25) is 5.89 Å². The number of hydrogen-bond acceptors (Lipinski definition) is 7. The van der Waals surface area contributed by atoms with Crippen LogP contribution in [0.4, 0.5) is 10.6 Å². The predicted octanol–water partition coefficient (Wildman–Crippen LogP) is 6.64. The Morgan fingerprint density at radius 1 is 1.03 bits per heavy atom. The van der Waals surface area contributed by atoms with Crippen LogP contribution in [0, 0.1) is 0 Å². The number of aryl methyl sites for hydroxylation is 1. The number of pyridine rings is 1. The van der Waals surface area contributed by atoms with E-state index in [1.807, 2.05) is 39.0 Å². The Labute approximate surface area is 218 Å². The van der Waals surface area contributed by atoms with Crippen LogP contribution in [0.2, 0.25) is 0 Å². The van der Waals surface area contributed by atoms with E-state index >= 15 is 0 Å². The van der Waals surface area contributed by atoms with Gasteiger partial charge in [-0.15, -0.1) is 0 Å². The minimum atomic E-state index is -0.642. The number of benzene rings is 1. The zero-order chi connectivity index (χ0) is 26.3. The van der Waals surface area contributed by atoms with Crippen LogP contribution in [0.15, 0.2) is 53.3 Å². The molecule has 0 saturated heterocycles. The van der Waals surface area contributed by atoms with Crippen molar-refractivity contribution in [3.05, 3.63) is 60.1 Å². The smallest absolute Gasteiger partial charge is 0.416 e. The quantitative estimate of drug-likeness (QED) is 0.338. The number of amides is 1. The van der Waals surface area contributed by atoms with Gasteiger partial charge in [0.25, 0.3) is 0 Å². The molecule has 1 aliphatic rings. The van der Waals surface area contributed by atoms with Crippen LogP contribution >= 0.6 is 0 Å². The number of anilines is 1. The molecule has 196 valence electrons. The zero-order valence-electron chi connectivity index (χ0n) is 21.9. The standard InChI is InChI=1S/C29H35N3O5/c1-29(2,3)37-28(34)32-17-9-4-10-18-35-25-14-8-6-12-21(25)11-5-7-13-24(33)23-20-36-27(31-23)22-15-16-30-26(32)19-22/h6,8,12,14-16,19-20H,4-5,7,9-11,13,17-18H2,1-3H3. The van der Waals surface area contributed by atoms with Gasteiger partial charge in [-0.3, -0.25) is 9.69 Å². The van der Waals surface area contributed by atoms with Gasteiger partial charge in [-0.05, 0) is 83.1 Å². The van der Waals surface area contributed by atoms with E-state index in [4.69, 9.17) is 13.9 Å². The summed E-state index contributed by atoms with van der Waals surface area (Å²) in [5.74, 6) is 1.59. The fraction of sp³-hybridized carbons (Fsp3) is 0.448. The van der Waals surface area contributed by atoms with Crippen molar-refractivity contribution in [3.63, 3.8) is 0 Å². The summed E-state index contributed by atoms with van der Waals surface area (Å²) in [6.45, 7) is 6.55. The number of hydrogen-bond donors (Lipinski definition) is 0. The summed E-state index contributed by atoms with van der Waals surface area (Å²) in [6.07, 6.45) is 7.90. The normalized spacial score (nSPS) is 15.9. The average molecular weight is 506 g/mol. The molecular formula is C29H35N3O5. The first-order chi connectivity index (χ1) is 17.8. The number of ketones is 1. The Balaban J connectivity index is 1.58. The molecule has 3 aromatic rings. The molecule has 2 aromatic heterocycles. The second-order valence-electron chi connectivity index (χ2n) is 10.2. The lowest BCUT2D eigenvalue weighted by molar-refractivity contribution is 0.0578. The zero-order valence-corrected chi connectivity index (χ0v) is 21.9. The number of Topliss-reactive ketones (excluding diaryl/α,β-unsaturated/α-hetero) is 1. The molecule has 0 unspecified atom stereocenters. The van der Waals surface area contributed by atoms with Crippen LogP contribution in [0.1, 0.15) is 75.3 Å². The highest BCUT2D eigenvalue weighted by molar-refractivity contribution is 5.94. The Morgan fingerprint density at radius 2 is 1.84 bits per heavy atom. The Bertz CT molecular complexity index is 1210. The maximum absolute atomic E-state index is 13.1. The Kier molecular flexibility index (Phi) is 8.58. The first kappa shape index (κ1) is 26.4. The fourth-order valence-electron chi connectivity index (χ4n) is 4.16. The summed E-state index contributed by atoms with van der Waals surface area (Å²) in [5.41, 5.74) is 1.44. The molecule has 1 amide bonds. The number of rotatable bonds is 0. The first-order valence-corrected chi connectivity index (χ1v) is 13.0. The van der Waals surface area contributed by atoms with Crippen molar-refractivity contribution in [2.45, 2.75) is 71.3 Å². The van der Waals surface area contributed by atoms with E-state index in [-0.39, 0.29) is 5.78 Å². The van der Waals surface area contributed by atoms with Crippen molar-refractivity contribution in [2.24, 2.45) is 0 Å². The molecule has 0 spiro atoms. The van der Waals surface area contributed by atoms with E-state index in [0.717, 1.165) is 49.8 Å². The first-order valence-electron chi connectivity index (χ1n) is 13.0. The molecule has 0 aliphatic carbocycles. The van der Waals surface area contributed by atoms with Crippen molar-refractivity contribution in [3.8, 4) is 17.2 Å². The highest BCUT2D eigenvalue weighted by Crippen LogP contribution is 2.26. The van der Waals surface area contributed by atoms with Gasteiger partial charge in [0.15, 0.2) is 5.78 Å². The number of aromatic nitrogens is 2. The van der Waals surface area contributed by atoms with Gasteiger partial charge in [-0.25, -0.2) is 14.8 Å². The maximum atomic E-state index is 13.1. The monoisotopic (exact) mass is 505 g/mol. The number of fused-ring (bicyclic) bond motifs is 6. The molecule has 0 N–H and O–H groups in total. The van der Waals surface area contributed by atoms with Crippen molar-refractivity contribution in [1.82, 2.24) is 9.97 Å². The molecule has 0 radical (unpaired) electrons. The maximum Gasteiger partial charge on any atom is 0.416 e. The van der Waals surface area contributed by atoms with Crippen molar-refractivity contribution in [1.29, 1.82) is 0 Å². The third-order valence-electron chi connectivity index (χ3n) is 6.03. The number of nitrogens with zero attached hydrogens (tertiary/aromatic N) is 3. The largest absolute Gasteiger partial charge is 0.493 e. The second-order valence-corrected chi connectivity index (χ2v) is 10.2. The number of oxazole rings is 1. The van der Waals surface area contributed by atoms with Gasteiger partial charge < -0.3 is 13.9 Å². The minimum absolute atomic E-state index is 0.0569. The number of carbonyl (C=O) groups excluding carboxylic acids is 2. The molecule has 4 rings (SSSR count). The molecule has 4 bridgehead atoms.